The Hall–Kier alpha value is -1.80. The van der Waals surface area contributed by atoms with Gasteiger partial charge in [0, 0.05) is 30.9 Å². The molecule has 0 aromatic heterocycles. The number of nitrogens with one attached hydrogen (secondary N) is 1. The Morgan fingerprint density at radius 1 is 1.05 bits per heavy atom. The van der Waals surface area contributed by atoms with Crippen LogP contribution in [0.1, 0.15) is 18.1 Å². The minimum atomic E-state index is 0.518. The Bertz CT molecular complexity index is 562. The minimum absolute atomic E-state index is 0.518. The molecule has 3 rings (SSSR count). The van der Waals surface area contributed by atoms with E-state index >= 15 is 0 Å². The van der Waals surface area contributed by atoms with Gasteiger partial charge in [0.25, 0.3) is 0 Å². The van der Waals surface area contributed by atoms with E-state index in [1.54, 1.807) is 0 Å². The summed E-state index contributed by atoms with van der Waals surface area (Å²) >= 11 is 0. The second-order valence-corrected chi connectivity index (χ2v) is 6.13. The highest BCUT2D eigenvalue weighted by Gasteiger charge is 2.25. The van der Waals surface area contributed by atoms with Crippen LogP contribution < -0.4 is 10.2 Å². The largest absolute Gasteiger partial charge is 0.366 e. The maximum Gasteiger partial charge on any atom is 0.0387 e. The number of aryl methyl sites for hydroxylation is 1. The Labute approximate surface area is 127 Å². The van der Waals surface area contributed by atoms with Gasteiger partial charge >= 0.3 is 0 Å². The van der Waals surface area contributed by atoms with Crippen LogP contribution in [0.5, 0.6) is 0 Å². The topological polar surface area (TPSA) is 15.3 Å². The zero-order valence-corrected chi connectivity index (χ0v) is 12.9. The highest BCUT2D eigenvalue weighted by atomic mass is 15.2. The molecule has 0 amide bonds. The van der Waals surface area contributed by atoms with E-state index in [0.717, 1.165) is 19.5 Å². The molecule has 1 heterocycles. The molecule has 0 aliphatic carbocycles. The lowest BCUT2D eigenvalue weighted by Gasteiger charge is -2.40. The molecule has 2 heteroatoms. The van der Waals surface area contributed by atoms with E-state index in [-0.39, 0.29) is 0 Å². The molecule has 21 heavy (non-hydrogen) atoms. The molecule has 2 nitrogen and oxygen atoms in total. The molecule has 2 aromatic rings. The van der Waals surface area contributed by atoms with Crippen molar-refractivity contribution >= 4 is 5.69 Å². The lowest BCUT2D eigenvalue weighted by Crippen LogP contribution is -2.56. The van der Waals surface area contributed by atoms with Gasteiger partial charge in [-0.25, -0.2) is 0 Å². The summed E-state index contributed by atoms with van der Waals surface area (Å²) in [7, 11) is 0. The number of anilines is 1. The summed E-state index contributed by atoms with van der Waals surface area (Å²) in [6.45, 7) is 6.55. The molecular formula is C19H24N2. The van der Waals surface area contributed by atoms with E-state index in [1.807, 2.05) is 0 Å². The molecular weight excluding hydrogens is 256 g/mol. The van der Waals surface area contributed by atoms with Gasteiger partial charge in [0.15, 0.2) is 0 Å². The molecule has 1 aliphatic rings. The van der Waals surface area contributed by atoms with E-state index in [9.17, 15) is 0 Å². The highest BCUT2D eigenvalue weighted by molar-refractivity contribution is 5.49. The fourth-order valence-corrected chi connectivity index (χ4v) is 3.06. The second kappa shape index (κ2) is 6.31. The lowest BCUT2D eigenvalue weighted by atomic mass is 10.0. The number of hydrogen-bond acceptors (Lipinski definition) is 2. The van der Waals surface area contributed by atoms with E-state index in [0.29, 0.717) is 12.1 Å². The molecule has 0 spiro atoms. The molecule has 110 valence electrons. The summed E-state index contributed by atoms with van der Waals surface area (Å²) in [6, 6.07) is 20.7. The molecule has 1 aliphatic heterocycles. The lowest BCUT2D eigenvalue weighted by molar-refractivity contribution is 0.403. The minimum Gasteiger partial charge on any atom is -0.366 e. The first-order valence-corrected chi connectivity index (χ1v) is 7.83. The Kier molecular flexibility index (Phi) is 4.26. The fraction of sp³-hybridized carbons (Fsp3) is 0.368. The predicted molar refractivity (Wildman–Crippen MR) is 89.9 cm³/mol. The van der Waals surface area contributed by atoms with Crippen LogP contribution >= 0.6 is 0 Å². The number of benzene rings is 2. The van der Waals surface area contributed by atoms with Crippen LogP contribution in [0.4, 0.5) is 5.69 Å². The average Bonchev–Trinajstić information content (AvgIpc) is 2.51. The Morgan fingerprint density at radius 2 is 1.76 bits per heavy atom. The van der Waals surface area contributed by atoms with Crippen LogP contribution in [0.15, 0.2) is 54.6 Å². The van der Waals surface area contributed by atoms with Crippen LogP contribution in [0, 0.1) is 6.92 Å². The SMILES string of the molecule is Cc1ccc(N2CC(Cc3ccccc3)NCC2C)cc1. The Balaban J connectivity index is 1.71. The van der Waals surface area contributed by atoms with E-state index in [4.69, 9.17) is 0 Å². The monoisotopic (exact) mass is 280 g/mol. The van der Waals surface area contributed by atoms with Crippen molar-refractivity contribution in [2.24, 2.45) is 0 Å². The molecule has 2 unspecified atom stereocenters. The maximum atomic E-state index is 3.69. The zero-order chi connectivity index (χ0) is 14.7. The number of piperazine rings is 1. The van der Waals surface area contributed by atoms with Crippen LogP contribution in [0.3, 0.4) is 0 Å². The van der Waals surface area contributed by atoms with Crippen molar-refractivity contribution in [3.63, 3.8) is 0 Å². The first-order chi connectivity index (χ1) is 10.2. The fourth-order valence-electron chi connectivity index (χ4n) is 3.06. The van der Waals surface area contributed by atoms with Crippen molar-refractivity contribution in [2.45, 2.75) is 32.4 Å². The van der Waals surface area contributed by atoms with Gasteiger partial charge in [-0.3, -0.25) is 0 Å². The van der Waals surface area contributed by atoms with Crippen molar-refractivity contribution in [2.75, 3.05) is 18.0 Å². The van der Waals surface area contributed by atoms with Gasteiger partial charge < -0.3 is 10.2 Å². The summed E-state index contributed by atoms with van der Waals surface area (Å²) in [4.78, 5) is 2.53. The molecule has 2 aromatic carbocycles. The first kappa shape index (κ1) is 14.2. The highest BCUT2D eigenvalue weighted by Crippen LogP contribution is 2.21. The summed E-state index contributed by atoms with van der Waals surface area (Å²) in [6.07, 6.45) is 1.09. The molecule has 1 saturated heterocycles. The maximum absolute atomic E-state index is 3.69. The summed E-state index contributed by atoms with van der Waals surface area (Å²) < 4.78 is 0. The summed E-state index contributed by atoms with van der Waals surface area (Å²) in [5.74, 6) is 0. The third kappa shape index (κ3) is 3.45. The first-order valence-electron chi connectivity index (χ1n) is 7.83. The van der Waals surface area contributed by atoms with Crippen LogP contribution in [0.2, 0.25) is 0 Å². The van der Waals surface area contributed by atoms with Crippen molar-refractivity contribution < 1.29 is 0 Å². The Morgan fingerprint density at radius 3 is 2.48 bits per heavy atom. The van der Waals surface area contributed by atoms with Crippen molar-refractivity contribution in [3.8, 4) is 0 Å². The number of nitrogens with zero attached hydrogens (tertiary/aromatic N) is 1. The van der Waals surface area contributed by atoms with E-state index in [1.165, 1.54) is 16.8 Å². The molecule has 0 bridgehead atoms. The van der Waals surface area contributed by atoms with E-state index < -0.39 is 0 Å². The smallest absolute Gasteiger partial charge is 0.0387 e. The van der Waals surface area contributed by atoms with Gasteiger partial charge in [0.2, 0.25) is 0 Å². The third-order valence-electron chi connectivity index (χ3n) is 4.34. The average molecular weight is 280 g/mol. The normalized spacial score (nSPS) is 22.3. The van der Waals surface area contributed by atoms with Gasteiger partial charge in [-0.05, 0) is 38.0 Å². The molecule has 2 atom stereocenters. The van der Waals surface area contributed by atoms with Gasteiger partial charge in [-0.15, -0.1) is 0 Å². The molecule has 0 radical (unpaired) electrons. The third-order valence-corrected chi connectivity index (χ3v) is 4.34. The molecule has 0 saturated carbocycles. The standard InChI is InChI=1S/C19H24N2/c1-15-8-10-19(11-9-15)21-14-18(20-13-16(21)2)12-17-6-4-3-5-7-17/h3-11,16,18,20H,12-14H2,1-2H3. The number of hydrogen-bond donors (Lipinski definition) is 1. The molecule has 1 N–H and O–H groups in total. The van der Waals surface area contributed by atoms with Crippen LogP contribution in [0.25, 0.3) is 0 Å². The van der Waals surface area contributed by atoms with Crippen molar-refractivity contribution in [1.82, 2.24) is 5.32 Å². The molecule has 1 fully saturated rings. The second-order valence-electron chi connectivity index (χ2n) is 6.13. The van der Waals surface area contributed by atoms with Gasteiger partial charge in [-0.2, -0.15) is 0 Å². The summed E-state index contributed by atoms with van der Waals surface area (Å²) in [5.41, 5.74) is 4.07. The predicted octanol–water partition coefficient (Wildman–Crippen LogP) is 3.40. The quantitative estimate of drug-likeness (QED) is 0.927. The van der Waals surface area contributed by atoms with Crippen molar-refractivity contribution in [1.29, 1.82) is 0 Å². The van der Waals surface area contributed by atoms with Crippen LogP contribution in [-0.2, 0) is 6.42 Å². The van der Waals surface area contributed by atoms with Crippen LogP contribution in [-0.4, -0.2) is 25.2 Å². The number of rotatable bonds is 3. The van der Waals surface area contributed by atoms with E-state index in [2.05, 4.69) is 78.7 Å². The van der Waals surface area contributed by atoms with Gasteiger partial charge in [0.05, 0.1) is 0 Å². The van der Waals surface area contributed by atoms with Gasteiger partial charge in [-0.1, -0.05) is 48.0 Å². The summed E-state index contributed by atoms with van der Waals surface area (Å²) in [5, 5.41) is 3.69. The zero-order valence-electron chi connectivity index (χ0n) is 12.9. The van der Waals surface area contributed by atoms with Crippen molar-refractivity contribution in [3.05, 3.63) is 65.7 Å². The van der Waals surface area contributed by atoms with Gasteiger partial charge in [0.1, 0.15) is 0 Å².